The summed E-state index contributed by atoms with van der Waals surface area (Å²) in [5.41, 5.74) is 12.4. The van der Waals surface area contributed by atoms with Crippen molar-refractivity contribution < 1.29 is 68.6 Å². The van der Waals surface area contributed by atoms with Crippen LogP contribution in [0.5, 0.6) is 5.75 Å². The number of phenolic OH excluding ortho intramolecular Hbond substituents is 1. The summed E-state index contributed by atoms with van der Waals surface area (Å²) in [7, 11) is 0. The van der Waals surface area contributed by atoms with E-state index in [1.807, 2.05) is 0 Å². The molecule has 3 rings (SSSR count). The Morgan fingerprint density at radius 1 is 0.710 bits per heavy atom. The first-order valence-electron chi connectivity index (χ1n) is 19.2. The van der Waals surface area contributed by atoms with Crippen molar-refractivity contribution in [2.24, 2.45) is 11.5 Å². The number of aliphatic hydroxyl groups excluding tert-OH is 4. The number of benzene rings is 2. The van der Waals surface area contributed by atoms with Gasteiger partial charge in [0.1, 0.15) is 54.3 Å². The van der Waals surface area contributed by atoms with Gasteiger partial charge in [-0.05, 0) is 36.6 Å². The second kappa shape index (κ2) is 25.2. The molecule has 11 atom stereocenters. The second-order valence-corrected chi connectivity index (χ2v) is 14.9. The number of thiol groups is 2. The van der Waals surface area contributed by atoms with E-state index in [0.717, 1.165) is 0 Å². The third-order valence-electron chi connectivity index (χ3n) is 9.40. The molecule has 0 saturated carbocycles. The minimum atomic E-state index is -1.87. The third kappa shape index (κ3) is 15.7. The second-order valence-electron chi connectivity index (χ2n) is 14.2. The zero-order valence-electron chi connectivity index (χ0n) is 33.5. The van der Waals surface area contributed by atoms with Crippen LogP contribution < -0.4 is 43.4 Å². The number of rotatable bonds is 23. The summed E-state index contributed by atoms with van der Waals surface area (Å²) in [6.45, 7) is -0.831. The topological polar surface area (TPSA) is 363 Å². The largest absolute Gasteiger partial charge is 0.508 e. The Morgan fingerprint density at radius 2 is 1.27 bits per heavy atom. The normalized spacial score (nSPS) is 21.4. The molecule has 0 bridgehead atoms. The summed E-state index contributed by atoms with van der Waals surface area (Å²) in [5.74, 6) is -6.60. The lowest BCUT2D eigenvalue weighted by molar-refractivity contribution is -0.311. The van der Waals surface area contributed by atoms with Gasteiger partial charge in [-0.15, -0.1) is 0 Å². The number of hydrogen-bond donors (Lipinski definition) is 15. The monoisotopic (exact) mass is 910 g/mol. The summed E-state index contributed by atoms with van der Waals surface area (Å²) >= 11 is 8.31. The van der Waals surface area contributed by atoms with E-state index in [2.05, 4.69) is 57.2 Å². The molecule has 1 aliphatic heterocycles. The van der Waals surface area contributed by atoms with Gasteiger partial charge >= 0.3 is 0 Å². The molecule has 342 valence electrons. The average molecular weight is 911 g/mol. The highest BCUT2D eigenvalue weighted by atomic mass is 32.1. The van der Waals surface area contributed by atoms with Gasteiger partial charge in [0.25, 0.3) is 0 Å². The van der Waals surface area contributed by atoms with E-state index in [4.69, 9.17) is 20.9 Å². The minimum absolute atomic E-state index is 0.0355. The predicted octanol–water partition coefficient (Wildman–Crippen LogP) is -5.77. The number of amides is 7. The van der Waals surface area contributed by atoms with Gasteiger partial charge in [0, 0.05) is 17.9 Å². The fourth-order valence-corrected chi connectivity index (χ4v) is 6.43. The van der Waals surface area contributed by atoms with Crippen molar-refractivity contribution >= 4 is 66.6 Å². The van der Waals surface area contributed by atoms with Gasteiger partial charge in [-0.3, -0.25) is 33.6 Å². The van der Waals surface area contributed by atoms with Crippen LogP contribution in [0.2, 0.25) is 0 Å². The highest BCUT2D eigenvalue weighted by Gasteiger charge is 2.46. The van der Waals surface area contributed by atoms with Crippen molar-refractivity contribution in [3.05, 3.63) is 65.7 Å². The molecule has 22 nitrogen and oxygen atoms in total. The molecule has 0 unspecified atom stereocenters. The molecular weight excluding hydrogens is 857 g/mol. The van der Waals surface area contributed by atoms with Crippen LogP contribution in [0.1, 0.15) is 18.1 Å². The van der Waals surface area contributed by atoms with E-state index in [-0.39, 0.29) is 30.1 Å². The Kier molecular flexibility index (Phi) is 20.8. The summed E-state index contributed by atoms with van der Waals surface area (Å²) in [6, 6.07) is 7.74. The predicted molar refractivity (Wildman–Crippen MR) is 225 cm³/mol. The summed E-state index contributed by atoms with van der Waals surface area (Å²) in [5, 5.41) is 64.2. The number of nitrogens with one attached hydrogen (secondary N) is 6. The van der Waals surface area contributed by atoms with Crippen LogP contribution in [0.15, 0.2) is 54.6 Å². The molecule has 1 fully saturated rings. The van der Waals surface area contributed by atoms with Crippen LogP contribution in [0.3, 0.4) is 0 Å². The van der Waals surface area contributed by atoms with Crippen molar-refractivity contribution in [1.82, 2.24) is 31.9 Å². The summed E-state index contributed by atoms with van der Waals surface area (Å²) < 4.78 is 11.0. The molecular formula is C38H54N8O14S2. The maximum absolute atomic E-state index is 13.8. The maximum atomic E-state index is 13.8. The number of carbonyl (C=O) groups is 7. The Labute approximate surface area is 367 Å². The van der Waals surface area contributed by atoms with E-state index in [1.165, 1.54) is 19.1 Å². The van der Waals surface area contributed by atoms with Gasteiger partial charge in [0.05, 0.1) is 31.8 Å². The van der Waals surface area contributed by atoms with Gasteiger partial charge in [-0.25, -0.2) is 0 Å². The van der Waals surface area contributed by atoms with Crippen molar-refractivity contribution in [2.75, 3.05) is 31.2 Å². The lowest BCUT2D eigenvalue weighted by Gasteiger charge is -2.41. The van der Waals surface area contributed by atoms with E-state index in [0.29, 0.717) is 11.1 Å². The Morgan fingerprint density at radius 3 is 1.87 bits per heavy atom. The van der Waals surface area contributed by atoms with Crippen molar-refractivity contribution in [3.8, 4) is 5.75 Å². The number of nitrogens with two attached hydrogens (primary N) is 2. The zero-order valence-corrected chi connectivity index (χ0v) is 35.2. The minimum Gasteiger partial charge on any atom is -0.508 e. The van der Waals surface area contributed by atoms with Gasteiger partial charge in [-0.1, -0.05) is 42.5 Å². The van der Waals surface area contributed by atoms with Crippen LogP contribution in [0.25, 0.3) is 0 Å². The van der Waals surface area contributed by atoms with Crippen molar-refractivity contribution in [3.63, 3.8) is 0 Å². The lowest BCUT2D eigenvalue weighted by Crippen LogP contribution is -2.63. The number of ether oxygens (including phenoxy) is 2. The Balaban J connectivity index is 1.70. The fraction of sp³-hybridized carbons (Fsp3) is 0.500. The number of hydrogen-bond acceptors (Lipinski definition) is 17. The quantitative estimate of drug-likeness (QED) is 0.0462. The SMILES string of the molecule is C[C@H](O[C@@H]1O[C@H](CO)[C@@H](O)[C@H](O)[C@H]1O)[C@@H](NC(=O)[C@@H](CS)NC(=O)[C@H](Cc1ccccc1)NC(=O)CNC(=O)[C@@H](CS)NC(=O)[C@@H](N)Cc1ccc(O)cc1)C(=O)NCC(N)=O. The first kappa shape index (κ1) is 51.3. The number of carbonyl (C=O) groups excluding carboxylic acids is 7. The van der Waals surface area contributed by atoms with Gasteiger partial charge in [-0.2, -0.15) is 25.3 Å². The van der Waals surface area contributed by atoms with Gasteiger partial charge in [0.2, 0.25) is 41.4 Å². The van der Waals surface area contributed by atoms with E-state index >= 15 is 0 Å². The number of aromatic hydroxyl groups is 1. The van der Waals surface area contributed by atoms with Crippen molar-refractivity contribution in [1.29, 1.82) is 0 Å². The molecule has 0 aromatic heterocycles. The molecule has 0 spiro atoms. The number of aliphatic hydroxyl groups is 4. The average Bonchev–Trinajstić information content (AvgIpc) is 3.25. The van der Waals surface area contributed by atoms with E-state index in [1.54, 1.807) is 42.5 Å². The molecule has 7 amide bonds. The van der Waals surface area contributed by atoms with Crippen LogP contribution in [0.4, 0.5) is 0 Å². The standard InChI is InChI=1S/C38H54N8O14S2/c1-18(59-38-32(53)31(52)30(51)26(15-47)60-38)29(37(58)41-13-27(40)49)46-36(57)25(17-62)45-35(56)23(12-19-5-3-2-4-6-19)43-28(50)14-42-34(55)24(16-61)44-33(54)22(39)11-20-7-9-21(48)10-8-20/h2-10,18,22-26,29-32,38,47-48,51-53,61-62H,11-17,39H2,1H3,(H2,40,49)(H,41,58)(H,42,55)(H,43,50)(H,44,54)(H,45,56)(H,46,57)/t18-,22-,23-,24+,25+,26+,29+,30+,31-,32+,38+/m0/s1. The van der Waals surface area contributed by atoms with Crippen LogP contribution in [-0.4, -0.2) is 165 Å². The highest BCUT2D eigenvalue weighted by Crippen LogP contribution is 2.23. The number of phenols is 1. The lowest BCUT2D eigenvalue weighted by atomic mass is 9.99. The summed E-state index contributed by atoms with van der Waals surface area (Å²) in [4.78, 5) is 90.9. The van der Waals surface area contributed by atoms with Crippen LogP contribution >= 0.6 is 25.3 Å². The van der Waals surface area contributed by atoms with Gasteiger partial charge in [0.15, 0.2) is 6.29 Å². The Bertz CT molecular complexity index is 1830. The molecule has 0 radical (unpaired) electrons. The van der Waals surface area contributed by atoms with E-state index < -0.39 is 128 Å². The maximum Gasteiger partial charge on any atom is 0.245 e. The van der Waals surface area contributed by atoms with Gasteiger partial charge < -0.3 is 78.4 Å². The number of primary amides is 1. The Hall–Kier alpha value is -5.05. The molecule has 2 aromatic rings. The first-order chi connectivity index (χ1) is 29.4. The molecule has 15 N–H and O–H groups in total. The molecule has 1 heterocycles. The van der Waals surface area contributed by atoms with E-state index in [9.17, 15) is 59.1 Å². The molecule has 2 aromatic carbocycles. The molecule has 24 heteroatoms. The van der Waals surface area contributed by atoms with Crippen molar-refractivity contribution in [2.45, 2.75) is 86.8 Å². The molecule has 1 aliphatic rings. The summed E-state index contributed by atoms with van der Waals surface area (Å²) in [6.07, 6.45) is -9.91. The molecule has 0 aliphatic carbocycles. The molecule has 1 saturated heterocycles. The molecule has 62 heavy (non-hydrogen) atoms. The fourth-order valence-electron chi connectivity index (χ4n) is 5.92. The third-order valence-corrected chi connectivity index (χ3v) is 10.1. The highest BCUT2D eigenvalue weighted by molar-refractivity contribution is 7.80. The van der Waals surface area contributed by atoms with Crippen LogP contribution in [0, 0.1) is 0 Å². The first-order valence-corrected chi connectivity index (χ1v) is 20.4. The van der Waals surface area contributed by atoms with Crippen LogP contribution in [-0.2, 0) is 55.9 Å². The smallest absolute Gasteiger partial charge is 0.245 e. The zero-order chi connectivity index (χ0) is 46.1.